The van der Waals surface area contributed by atoms with E-state index in [1.165, 1.54) is 5.56 Å². The highest BCUT2D eigenvalue weighted by atomic mass is 16.5. The molecule has 0 spiro atoms. The number of ether oxygens (including phenoxy) is 1. The van der Waals surface area contributed by atoms with Gasteiger partial charge in [0.2, 0.25) is 0 Å². The van der Waals surface area contributed by atoms with Crippen molar-refractivity contribution in [1.82, 2.24) is 5.32 Å². The molecule has 16 heavy (non-hydrogen) atoms. The third-order valence-electron chi connectivity index (χ3n) is 1.77. The number of benzene rings is 1. The summed E-state index contributed by atoms with van der Waals surface area (Å²) in [4.78, 5) is 11.1. The van der Waals surface area contributed by atoms with Gasteiger partial charge in [0.1, 0.15) is 0 Å². The van der Waals surface area contributed by atoms with Crippen LogP contribution < -0.4 is 5.32 Å². The lowest BCUT2D eigenvalue weighted by Gasteiger charge is -2.01. The lowest BCUT2D eigenvalue weighted by atomic mass is 10.1. The molecule has 1 aromatic carbocycles. The first-order valence-corrected chi connectivity index (χ1v) is 5.43. The predicted molar refractivity (Wildman–Crippen MR) is 66.5 cm³/mol. The summed E-state index contributed by atoms with van der Waals surface area (Å²) in [6, 6.07) is 7.89. The summed E-state index contributed by atoms with van der Waals surface area (Å²) in [6.07, 6.45) is 0.369. The van der Waals surface area contributed by atoms with E-state index in [0.717, 1.165) is 5.56 Å². The second-order valence-corrected chi connectivity index (χ2v) is 3.47. The highest BCUT2D eigenvalue weighted by Crippen LogP contribution is 2.04. The van der Waals surface area contributed by atoms with Crippen LogP contribution in [0.1, 0.15) is 18.1 Å². The highest BCUT2D eigenvalue weighted by Gasteiger charge is 2.02. The SMILES string of the molecule is CCOC(=O)Cc1ccc(C)cc1.CNC. The van der Waals surface area contributed by atoms with Crippen LogP contribution in [0.5, 0.6) is 0 Å². The van der Waals surface area contributed by atoms with E-state index < -0.39 is 0 Å². The summed E-state index contributed by atoms with van der Waals surface area (Å²) in [6.45, 7) is 4.28. The molecule has 1 rings (SSSR count). The second kappa shape index (κ2) is 8.92. The summed E-state index contributed by atoms with van der Waals surface area (Å²) < 4.78 is 4.84. The topological polar surface area (TPSA) is 38.3 Å². The van der Waals surface area contributed by atoms with Crippen LogP contribution in [0.3, 0.4) is 0 Å². The van der Waals surface area contributed by atoms with Gasteiger partial charge in [0, 0.05) is 0 Å². The van der Waals surface area contributed by atoms with Gasteiger partial charge in [-0.15, -0.1) is 0 Å². The average Bonchev–Trinajstić information content (AvgIpc) is 2.23. The normalized spacial score (nSPS) is 9.00. The van der Waals surface area contributed by atoms with Gasteiger partial charge in [0.15, 0.2) is 0 Å². The smallest absolute Gasteiger partial charge is 0.310 e. The number of rotatable bonds is 3. The van der Waals surface area contributed by atoms with E-state index in [-0.39, 0.29) is 5.97 Å². The van der Waals surface area contributed by atoms with Crippen LogP contribution in [0.15, 0.2) is 24.3 Å². The van der Waals surface area contributed by atoms with Crippen LogP contribution >= 0.6 is 0 Å². The molecule has 90 valence electrons. The van der Waals surface area contributed by atoms with E-state index in [1.807, 2.05) is 52.2 Å². The number of carbonyl (C=O) groups excluding carboxylic acids is 1. The summed E-state index contributed by atoms with van der Waals surface area (Å²) in [7, 11) is 3.75. The molecule has 0 radical (unpaired) electrons. The second-order valence-electron chi connectivity index (χ2n) is 3.47. The number of nitrogens with one attached hydrogen (secondary N) is 1. The first-order chi connectivity index (χ1) is 7.63. The molecule has 0 aliphatic carbocycles. The Hall–Kier alpha value is -1.35. The van der Waals surface area contributed by atoms with Crippen LogP contribution in [-0.4, -0.2) is 26.7 Å². The average molecular weight is 223 g/mol. The van der Waals surface area contributed by atoms with Crippen LogP contribution in [0.4, 0.5) is 0 Å². The van der Waals surface area contributed by atoms with Crippen molar-refractivity contribution in [2.75, 3.05) is 20.7 Å². The van der Waals surface area contributed by atoms with E-state index in [9.17, 15) is 4.79 Å². The minimum Gasteiger partial charge on any atom is -0.466 e. The number of carbonyl (C=O) groups is 1. The van der Waals surface area contributed by atoms with E-state index in [1.54, 1.807) is 0 Å². The van der Waals surface area contributed by atoms with Gasteiger partial charge in [0.25, 0.3) is 0 Å². The van der Waals surface area contributed by atoms with Crippen molar-refractivity contribution in [2.24, 2.45) is 0 Å². The quantitative estimate of drug-likeness (QED) is 0.796. The Morgan fingerprint density at radius 3 is 2.19 bits per heavy atom. The van der Waals surface area contributed by atoms with Crippen molar-refractivity contribution < 1.29 is 9.53 Å². The fourth-order valence-electron chi connectivity index (χ4n) is 1.08. The predicted octanol–water partition coefficient (Wildman–Crippen LogP) is 1.94. The third kappa shape index (κ3) is 7.01. The molecule has 3 nitrogen and oxygen atoms in total. The first-order valence-electron chi connectivity index (χ1n) is 5.43. The molecule has 0 aliphatic heterocycles. The van der Waals surface area contributed by atoms with Crippen LogP contribution in [0.2, 0.25) is 0 Å². The monoisotopic (exact) mass is 223 g/mol. The maximum absolute atomic E-state index is 11.1. The Kier molecular flexibility index (Phi) is 8.17. The summed E-state index contributed by atoms with van der Waals surface area (Å²) in [5.41, 5.74) is 2.21. The molecule has 0 aliphatic rings. The Morgan fingerprint density at radius 2 is 1.75 bits per heavy atom. The van der Waals surface area contributed by atoms with Gasteiger partial charge in [-0.25, -0.2) is 0 Å². The molecule has 0 aromatic heterocycles. The summed E-state index contributed by atoms with van der Waals surface area (Å²) >= 11 is 0. The Bertz CT molecular complexity index is 293. The van der Waals surface area contributed by atoms with Gasteiger partial charge in [-0.1, -0.05) is 29.8 Å². The number of hydrogen-bond donors (Lipinski definition) is 1. The van der Waals surface area contributed by atoms with E-state index >= 15 is 0 Å². The number of esters is 1. The van der Waals surface area contributed by atoms with Crippen LogP contribution in [-0.2, 0) is 16.0 Å². The fourth-order valence-corrected chi connectivity index (χ4v) is 1.08. The van der Waals surface area contributed by atoms with Crippen molar-refractivity contribution in [2.45, 2.75) is 20.3 Å². The molecule has 0 unspecified atom stereocenters. The highest BCUT2D eigenvalue weighted by molar-refractivity contribution is 5.72. The van der Waals surface area contributed by atoms with Crippen LogP contribution in [0, 0.1) is 6.92 Å². The summed E-state index contributed by atoms with van der Waals surface area (Å²) in [5.74, 6) is -0.161. The summed E-state index contributed by atoms with van der Waals surface area (Å²) in [5, 5.41) is 2.75. The molecular weight excluding hydrogens is 202 g/mol. The van der Waals surface area contributed by atoms with E-state index in [4.69, 9.17) is 4.74 Å². The maximum atomic E-state index is 11.1. The molecule has 0 fully saturated rings. The van der Waals surface area contributed by atoms with Crippen molar-refractivity contribution in [3.05, 3.63) is 35.4 Å². The van der Waals surface area contributed by atoms with Crippen LogP contribution in [0.25, 0.3) is 0 Å². The Balaban J connectivity index is 0.000000673. The van der Waals surface area contributed by atoms with E-state index in [2.05, 4.69) is 5.32 Å². The van der Waals surface area contributed by atoms with Gasteiger partial charge in [-0.2, -0.15) is 0 Å². The first kappa shape index (κ1) is 14.6. The molecule has 0 saturated carbocycles. The van der Waals surface area contributed by atoms with Gasteiger partial charge in [-0.05, 0) is 33.5 Å². The van der Waals surface area contributed by atoms with Gasteiger partial charge in [0.05, 0.1) is 13.0 Å². The van der Waals surface area contributed by atoms with Crippen molar-refractivity contribution >= 4 is 5.97 Å². The molecule has 0 heterocycles. The largest absolute Gasteiger partial charge is 0.466 e. The van der Waals surface area contributed by atoms with Gasteiger partial charge >= 0.3 is 5.97 Å². The third-order valence-corrected chi connectivity index (χ3v) is 1.77. The van der Waals surface area contributed by atoms with Crippen molar-refractivity contribution in [3.8, 4) is 0 Å². The molecule has 0 atom stereocenters. The molecule has 1 N–H and O–H groups in total. The maximum Gasteiger partial charge on any atom is 0.310 e. The number of aryl methyl sites for hydroxylation is 1. The lowest BCUT2D eigenvalue weighted by molar-refractivity contribution is -0.142. The van der Waals surface area contributed by atoms with Crippen molar-refractivity contribution in [1.29, 1.82) is 0 Å². The minimum atomic E-state index is -0.161. The minimum absolute atomic E-state index is 0.161. The number of hydrogen-bond acceptors (Lipinski definition) is 3. The Labute approximate surface area is 97.8 Å². The molecule has 0 amide bonds. The lowest BCUT2D eigenvalue weighted by Crippen LogP contribution is -2.07. The molecule has 0 bridgehead atoms. The zero-order chi connectivity index (χ0) is 12.4. The molecule has 0 saturated heterocycles. The zero-order valence-corrected chi connectivity index (χ0v) is 10.5. The Morgan fingerprint density at radius 1 is 1.25 bits per heavy atom. The van der Waals surface area contributed by atoms with Crippen molar-refractivity contribution in [3.63, 3.8) is 0 Å². The molecular formula is C13H21NO2. The molecule has 1 aromatic rings. The molecule has 3 heteroatoms. The van der Waals surface area contributed by atoms with E-state index in [0.29, 0.717) is 13.0 Å². The van der Waals surface area contributed by atoms with Gasteiger partial charge < -0.3 is 10.1 Å². The standard InChI is InChI=1S/C11H14O2.C2H7N/c1-3-13-11(12)8-10-6-4-9(2)5-7-10;1-3-2/h4-7H,3,8H2,1-2H3;3H,1-2H3. The zero-order valence-electron chi connectivity index (χ0n) is 10.5. The fraction of sp³-hybridized carbons (Fsp3) is 0.462. The van der Waals surface area contributed by atoms with Gasteiger partial charge in [-0.3, -0.25) is 4.79 Å².